The monoisotopic (exact) mass is 456 g/mol. The van der Waals surface area contributed by atoms with E-state index in [0.29, 0.717) is 73.1 Å². The van der Waals surface area contributed by atoms with Gasteiger partial charge in [0.1, 0.15) is 19.8 Å². The van der Waals surface area contributed by atoms with Gasteiger partial charge in [-0.2, -0.15) is 0 Å². The first-order chi connectivity index (χ1) is 15.9. The fourth-order valence-electron chi connectivity index (χ4n) is 3.29. The molecule has 0 radical (unpaired) electrons. The lowest BCUT2D eigenvalue weighted by atomic mass is 10.1. The van der Waals surface area contributed by atoms with E-state index in [4.69, 9.17) is 18.9 Å². The minimum Gasteiger partial charge on any atom is -0.490 e. The highest BCUT2D eigenvalue weighted by Crippen LogP contribution is 2.33. The van der Waals surface area contributed by atoms with Gasteiger partial charge in [0.25, 0.3) is 5.91 Å². The molecule has 0 aromatic heterocycles. The average molecular weight is 457 g/mol. The zero-order chi connectivity index (χ0) is 23.8. The predicted molar refractivity (Wildman–Crippen MR) is 126 cm³/mol. The summed E-state index contributed by atoms with van der Waals surface area (Å²) in [7, 11) is 0. The quantitative estimate of drug-likeness (QED) is 0.582. The largest absolute Gasteiger partial charge is 0.490 e. The Hall–Kier alpha value is -3.42. The standard InChI is InChI=1S/C25H32N2O6/c1-5-27(15-24(28)26-19-8-10-20-23(14-19)32-12-11-31-20)25(29)18-7-9-21(33-16-17(3)4)22(13-18)30-6-2/h7-10,13-14,17H,5-6,11-12,15-16H2,1-4H3,(H,26,28). The van der Waals surface area contributed by atoms with Gasteiger partial charge in [-0.15, -0.1) is 0 Å². The van der Waals surface area contributed by atoms with Crippen molar-refractivity contribution in [2.45, 2.75) is 27.7 Å². The highest BCUT2D eigenvalue weighted by atomic mass is 16.6. The smallest absolute Gasteiger partial charge is 0.254 e. The van der Waals surface area contributed by atoms with Gasteiger partial charge in [0.2, 0.25) is 5.91 Å². The van der Waals surface area contributed by atoms with E-state index in [2.05, 4.69) is 19.2 Å². The van der Waals surface area contributed by atoms with Crippen molar-refractivity contribution >= 4 is 17.5 Å². The number of rotatable bonds is 10. The number of ether oxygens (including phenoxy) is 4. The molecule has 0 unspecified atom stereocenters. The molecule has 178 valence electrons. The zero-order valence-electron chi connectivity index (χ0n) is 19.7. The number of nitrogens with one attached hydrogen (secondary N) is 1. The third kappa shape index (κ3) is 6.54. The summed E-state index contributed by atoms with van der Waals surface area (Å²) in [6.07, 6.45) is 0. The molecule has 0 atom stereocenters. The summed E-state index contributed by atoms with van der Waals surface area (Å²) < 4.78 is 22.5. The molecule has 0 bridgehead atoms. The van der Waals surface area contributed by atoms with Crippen LogP contribution in [0.5, 0.6) is 23.0 Å². The second kappa shape index (κ2) is 11.4. The molecule has 0 spiro atoms. The summed E-state index contributed by atoms with van der Waals surface area (Å²) in [5.74, 6) is 2.16. The third-order valence-electron chi connectivity index (χ3n) is 4.89. The molecular formula is C25H32N2O6. The van der Waals surface area contributed by atoms with Crippen molar-refractivity contribution in [2.75, 3.05) is 44.8 Å². The van der Waals surface area contributed by atoms with E-state index in [0.717, 1.165) is 0 Å². The van der Waals surface area contributed by atoms with Crippen LogP contribution in [-0.4, -0.2) is 56.2 Å². The van der Waals surface area contributed by atoms with Gasteiger partial charge in [-0.3, -0.25) is 9.59 Å². The second-order valence-electron chi connectivity index (χ2n) is 8.03. The Kier molecular flexibility index (Phi) is 8.40. The second-order valence-corrected chi connectivity index (χ2v) is 8.03. The minimum absolute atomic E-state index is 0.0840. The molecule has 8 heteroatoms. The van der Waals surface area contributed by atoms with E-state index in [9.17, 15) is 9.59 Å². The predicted octanol–water partition coefficient (Wildman–Crippen LogP) is 3.99. The molecule has 33 heavy (non-hydrogen) atoms. The Balaban J connectivity index is 1.67. The van der Waals surface area contributed by atoms with Crippen molar-refractivity contribution in [1.82, 2.24) is 4.90 Å². The molecule has 0 saturated carbocycles. The summed E-state index contributed by atoms with van der Waals surface area (Å²) in [4.78, 5) is 27.2. The Morgan fingerprint density at radius 3 is 2.45 bits per heavy atom. The molecule has 1 heterocycles. The number of hydrogen-bond donors (Lipinski definition) is 1. The Morgan fingerprint density at radius 1 is 1.00 bits per heavy atom. The van der Waals surface area contributed by atoms with Gasteiger partial charge in [-0.1, -0.05) is 13.8 Å². The van der Waals surface area contributed by atoms with Crippen molar-refractivity contribution in [3.63, 3.8) is 0 Å². The van der Waals surface area contributed by atoms with Crippen LogP contribution in [0.25, 0.3) is 0 Å². The lowest BCUT2D eigenvalue weighted by molar-refractivity contribution is -0.116. The molecule has 0 fully saturated rings. The Morgan fingerprint density at radius 2 is 1.76 bits per heavy atom. The summed E-state index contributed by atoms with van der Waals surface area (Å²) in [5.41, 5.74) is 1.02. The fourth-order valence-corrected chi connectivity index (χ4v) is 3.29. The van der Waals surface area contributed by atoms with Gasteiger partial charge in [-0.05, 0) is 50.1 Å². The average Bonchev–Trinajstić information content (AvgIpc) is 2.81. The van der Waals surface area contributed by atoms with Gasteiger partial charge in [0.15, 0.2) is 23.0 Å². The zero-order valence-corrected chi connectivity index (χ0v) is 19.7. The Labute approximate surface area is 194 Å². The number of hydrogen-bond acceptors (Lipinski definition) is 6. The minimum atomic E-state index is -0.302. The maximum absolute atomic E-state index is 13.1. The molecule has 8 nitrogen and oxygen atoms in total. The van der Waals surface area contributed by atoms with Crippen molar-refractivity contribution < 1.29 is 28.5 Å². The topological polar surface area (TPSA) is 86.3 Å². The normalized spacial score (nSPS) is 12.3. The number of likely N-dealkylation sites (N-methyl/N-ethyl adjacent to an activating group) is 1. The van der Waals surface area contributed by atoms with E-state index in [1.165, 1.54) is 4.90 Å². The van der Waals surface area contributed by atoms with Gasteiger partial charge in [0.05, 0.1) is 13.2 Å². The Bertz CT molecular complexity index is 975. The maximum atomic E-state index is 13.1. The first kappa shape index (κ1) is 24.2. The molecule has 2 aromatic carbocycles. The number of anilines is 1. The number of benzene rings is 2. The van der Waals surface area contributed by atoms with Crippen LogP contribution in [0.3, 0.4) is 0 Å². The van der Waals surface area contributed by atoms with Gasteiger partial charge in [-0.25, -0.2) is 0 Å². The number of nitrogens with zero attached hydrogens (tertiary/aromatic N) is 1. The van der Waals surface area contributed by atoms with E-state index in [1.54, 1.807) is 36.4 Å². The molecule has 1 aliphatic rings. The van der Waals surface area contributed by atoms with Crippen molar-refractivity contribution in [2.24, 2.45) is 5.92 Å². The maximum Gasteiger partial charge on any atom is 0.254 e. The van der Waals surface area contributed by atoms with Crippen LogP contribution in [0, 0.1) is 5.92 Å². The molecule has 1 N–H and O–H groups in total. The lowest BCUT2D eigenvalue weighted by Crippen LogP contribution is -2.37. The van der Waals surface area contributed by atoms with E-state index >= 15 is 0 Å². The molecule has 3 rings (SSSR count). The summed E-state index contributed by atoms with van der Waals surface area (Å²) in [5, 5.41) is 2.82. The molecule has 2 aromatic rings. The van der Waals surface area contributed by atoms with E-state index in [1.807, 2.05) is 13.8 Å². The summed E-state index contributed by atoms with van der Waals surface area (Å²) >= 11 is 0. The van der Waals surface area contributed by atoms with Crippen molar-refractivity contribution in [1.29, 1.82) is 0 Å². The SMILES string of the molecule is CCOc1cc(C(=O)N(CC)CC(=O)Nc2ccc3c(c2)OCCO3)ccc1OCC(C)C. The van der Waals surface area contributed by atoms with Crippen LogP contribution in [0.4, 0.5) is 5.69 Å². The highest BCUT2D eigenvalue weighted by Gasteiger charge is 2.20. The van der Waals surface area contributed by atoms with Crippen molar-refractivity contribution in [3.8, 4) is 23.0 Å². The van der Waals surface area contributed by atoms with Crippen LogP contribution >= 0.6 is 0 Å². The summed E-state index contributed by atoms with van der Waals surface area (Å²) in [6.45, 7) is 10.1. The highest BCUT2D eigenvalue weighted by molar-refractivity contribution is 5.99. The molecule has 0 saturated heterocycles. The number of carbonyl (C=O) groups excluding carboxylic acids is 2. The summed E-state index contributed by atoms with van der Waals surface area (Å²) in [6, 6.07) is 10.3. The lowest BCUT2D eigenvalue weighted by Gasteiger charge is -2.22. The fraction of sp³-hybridized carbons (Fsp3) is 0.440. The molecule has 0 aliphatic carbocycles. The molecule has 1 aliphatic heterocycles. The van der Waals surface area contributed by atoms with Crippen LogP contribution in [0.15, 0.2) is 36.4 Å². The first-order valence-electron chi connectivity index (χ1n) is 11.3. The van der Waals surface area contributed by atoms with Crippen molar-refractivity contribution in [3.05, 3.63) is 42.0 Å². The van der Waals surface area contributed by atoms with Crippen LogP contribution < -0.4 is 24.3 Å². The van der Waals surface area contributed by atoms with E-state index in [-0.39, 0.29) is 18.4 Å². The first-order valence-corrected chi connectivity index (χ1v) is 11.3. The molecular weight excluding hydrogens is 424 g/mol. The van der Waals surface area contributed by atoms with Crippen LogP contribution in [0.2, 0.25) is 0 Å². The van der Waals surface area contributed by atoms with Gasteiger partial charge in [0, 0.05) is 23.9 Å². The molecule has 2 amide bonds. The van der Waals surface area contributed by atoms with Crippen LogP contribution in [-0.2, 0) is 4.79 Å². The van der Waals surface area contributed by atoms with Gasteiger partial charge >= 0.3 is 0 Å². The van der Waals surface area contributed by atoms with E-state index < -0.39 is 0 Å². The van der Waals surface area contributed by atoms with Gasteiger partial charge < -0.3 is 29.2 Å². The number of carbonyl (C=O) groups is 2. The number of fused-ring (bicyclic) bond motifs is 1. The third-order valence-corrected chi connectivity index (χ3v) is 4.89. The number of amides is 2. The van der Waals surface area contributed by atoms with Crippen LogP contribution in [0.1, 0.15) is 38.1 Å².